The van der Waals surface area contributed by atoms with Crippen LogP contribution < -0.4 is 5.73 Å². The summed E-state index contributed by atoms with van der Waals surface area (Å²) < 4.78 is 4.87. The number of nitrogens with two attached hydrogens (primary N) is 1. The number of hydrogen-bond acceptors (Lipinski definition) is 4. The van der Waals surface area contributed by atoms with Gasteiger partial charge in [0.25, 0.3) is 0 Å². The highest BCUT2D eigenvalue weighted by atomic mass is 16.5. The van der Waals surface area contributed by atoms with Gasteiger partial charge in [-0.3, -0.25) is 0 Å². The highest BCUT2D eigenvalue weighted by Gasteiger charge is 2.19. The number of nitrogen functional groups attached to an aromatic ring is 1. The summed E-state index contributed by atoms with van der Waals surface area (Å²) in [5, 5.41) is 3.86. The first-order valence-corrected chi connectivity index (χ1v) is 3.69. The summed E-state index contributed by atoms with van der Waals surface area (Å²) in [7, 11) is 2.06. The van der Waals surface area contributed by atoms with Crippen molar-refractivity contribution < 1.29 is 4.52 Å². The number of anilines is 1. The fourth-order valence-electron chi connectivity index (χ4n) is 1.37. The van der Waals surface area contributed by atoms with E-state index in [1.54, 1.807) is 0 Å². The van der Waals surface area contributed by atoms with E-state index in [1.165, 1.54) is 0 Å². The molecular formula is C7H11N3O. The standard InChI is InChI=1S/C7H11N3O/c1-10-3-2-6-5(4-10)7(8)11-9-6/h2-4,8H2,1H3. The van der Waals surface area contributed by atoms with Gasteiger partial charge < -0.3 is 15.2 Å². The lowest BCUT2D eigenvalue weighted by atomic mass is 10.1. The number of fused-ring (bicyclic) bond motifs is 1. The quantitative estimate of drug-likeness (QED) is 0.580. The maximum absolute atomic E-state index is 5.57. The fraction of sp³-hybridized carbons (Fsp3) is 0.571. The lowest BCUT2D eigenvalue weighted by Gasteiger charge is -2.20. The highest BCUT2D eigenvalue weighted by molar-refractivity contribution is 5.39. The number of rotatable bonds is 0. The average molecular weight is 153 g/mol. The summed E-state index contributed by atoms with van der Waals surface area (Å²) in [5.41, 5.74) is 7.66. The normalized spacial score (nSPS) is 18.3. The van der Waals surface area contributed by atoms with Crippen LogP contribution in [0.5, 0.6) is 0 Å². The molecule has 2 rings (SSSR count). The fourth-order valence-corrected chi connectivity index (χ4v) is 1.37. The van der Waals surface area contributed by atoms with E-state index in [2.05, 4.69) is 17.1 Å². The van der Waals surface area contributed by atoms with Crippen LogP contribution in [0.2, 0.25) is 0 Å². The first-order chi connectivity index (χ1) is 5.27. The predicted octanol–water partition coefficient (Wildman–Crippen LogP) is 0.245. The van der Waals surface area contributed by atoms with Crippen LogP contribution >= 0.6 is 0 Å². The Hall–Kier alpha value is -1.03. The maximum Gasteiger partial charge on any atom is 0.226 e. The van der Waals surface area contributed by atoms with E-state index < -0.39 is 0 Å². The highest BCUT2D eigenvalue weighted by Crippen LogP contribution is 2.22. The van der Waals surface area contributed by atoms with E-state index in [-0.39, 0.29) is 0 Å². The third-order valence-electron chi connectivity index (χ3n) is 2.06. The van der Waals surface area contributed by atoms with Crippen molar-refractivity contribution in [2.75, 3.05) is 19.3 Å². The van der Waals surface area contributed by atoms with Crippen LogP contribution in [0.1, 0.15) is 11.3 Å². The van der Waals surface area contributed by atoms with Gasteiger partial charge in [0, 0.05) is 19.5 Å². The minimum atomic E-state index is 0.478. The zero-order chi connectivity index (χ0) is 7.84. The molecular weight excluding hydrogens is 142 g/mol. The van der Waals surface area contributed by atoms with Crippen molar-refractivity contribution in [1.29, 1.82) is 0 Å². The average Bonchev–Trinajstić information content (AvgIpc) is 2.33. The van der Waals surface area contributed by atoms with Crippen molar-refractivity contribution in [2.45, 2.75) is 13.0 Å². The summed E-state index contributed by atoms with van der Waals surface area (Å²) >= 11 is 0. The monoisotopic (exact) mass is 153 g/mol. The second-order valence-corrected chi connectivity index (χ2v) is 2.96. The maximum atomic E-state index is 5.57. The van der Waals surface area contributed by atoms with Crippen LogP contribution in [-0.2, 0) is 13.0 Å². The van der Waals surface area contributed by atoms with Crippen molar-refractivity contribution in [3.8, 4) is 0 Å². The Kier molecular flexibility index (Phi) is 1.35. The molecule has 1 aliphatic heterocycles. The van der Waals surface area contributed by atoms with Crippen molar-refractivity contribution in [3.05, 3.63) is 11.3 Å². The van der Waals surface area contributed by atoms with Crippen LogP contribution in [-0.4, -0.2) is 23.6 Å². The molecule has 2 N–H and O–H groups in total. The van der Waals surface area contributed by atoms with Gasteiger partial charge in [-0.05, 0) is 7.05 Å². The summed E-state index contributed by atoms with van der Waals surface area (Å²) in [5.74, 6) is 0.478. The third kappa shape index (κ3) is 0.991. The molecule has 1 aromatic heterocycles. The van der Waals surface area contributed by atoms with Crippen LogP contribution in [0.15, 0.2) is 4.52 Å². The Morgan fingerprint density at radius 3 is 3.27 bits per heavy atom. The zero-order valence-electron chi connectivity index (χ0n) is 6.50. The van der Waals surface area contributed by atoms with Crippen molar-refractivity contribution in [2.24, 2.45) is 0 Å². The number of aromatic nitrogens is 1. The lowest BCUT2D eigenvalue weighted by molar-refractivity contribution is 0.311. The first-order valence-electron chi connectivity index (χ1n) is 3.69. The minimum absolute atomic E-state index is 0.478. The van der Waals surface area contributed by atoms with Crippen molar-refractivity contribution in [3.63, 3.8) is 0 Å². The molecule has 0 amide bonds. The van der Waals surface area contributed by atoms with Gasteiger partial charge in [0.15, 0.2) is 0 Å². The van der Waals surface area contributed by atoms with E-state index >= 15 is 0 Å². The molecule has 0 spiro atoms. The van der Waals surface area contributed by atoms with E-state index in [0.717, 1.165) is 30.8 Å². The van der Waals surface area contributed by atoms with E-state index in [4.69, 9.17) is 10.3 Å². The summed E-state index contributed by atoms with van der Waals surface area (Å²) in [6, 6.07) is 0. The second-order valence-electron chi connectivity index (χ2n) is 2.96. The smallest absolute Gasteiger partial charge is 0.226 e. The molecule has 0 atom stereocenters. The van der Waals surface area contributed by atoms with Crippen molar-refractivity contribution >= 4 is 5.88 Å². The molecule has 0 bridgehead atoms. The van der Waals surface area contributed by atoms with Crippen LogP contribution in [0.3, 0.4) is 0 Å². The van der Waals surface area contributed by atoms with Gasteiger partial charge in [0.05, 0.1) is 11.3 Å². The number of nitrogens with zero attached hydrogens (tertiary/aromatic N) is 2. The molecule has 0 aliphatic carbocycles. The van der Waals surface area contributed by atoms with Gasteiger partial charge in [-0.25, -0.2) is 0 Å². The van der Waals surface area contributed by atoms with Gasteiger partial charge in [-0.15, -0.1) is 0 Å². The molecule has 11 heavy (non-hydrogen) atoms. The summed E-state index contributed by atoms with van der Waals surface area (Å²) in [4.78, 5) is 2.20. The van der Waals surface area contributed by atoms with Gasteiger partial charge >= 0.3 is 0 Å². The summed E-state index contributed by atoms with van der Waals surface area (Å²) in [6.07, 6.45) is 0.951. The molecule has 0 radical (unpaired) electrons. The molecule has 0 aromatic carbocycles. The van der Waals surface area contributed by atoms with Gasteiger partial charge in [-0.1, -0.05) is 5.16 Å². The Balaban J connectivity index is 2.37. The number of hydrogen-bond donors (Lipinski definition) is 1. The van der Waals surface area contributed by atoms with Crippen molar-refractivity contribution in [1.82, 2.24) is 10.1 Å². The molecule has 1 aromatic rings. The van der Waals surface area contributed by atoms with Crippen LogP contribution in [0.25, 0.3) is 0 Å². The Morgan fingerprint density at radius 2 is 2.45 bits per heavy atom. The third-order valence-corrected chi connectivity index (χ3v) is 2.06. The molecule has 2 heterocycles. The molecule has 0 saturated carbocycles. The molecule has 4 nitrogen and oxygen atoms in total. The van der Waals surface area contributed by atoms with E-state index in [0.29, 0.717) is 5.88 Å². The molecule has 0 unspecified atom stereocenters. The zero-order valence-corrected chi connectivity index (χ0v) is 6.50. The SMILES string of the molecule is CN1CCc2noc(N)c2C1. The Morgan fingerprint density at radius 1 is 1.64 bits per heavy atom. The number of likely N-dealkylation sites (N-methyl/N-ethyl adjacent to an activating group) is 1. The van der Waals surface area contributed by atoms with Crippen LogP contribution in [0.4, 0.5) is 5.88 Å². The molecule has 0 saturated heterocycles. The van der Waals surface area contributed by atoms with Gasteiger partial charge in [0.2, 0.25) is 5.88 Å². The Bertz CT molecular complexity index is 269. The van der Waals surface area contributed by atoms with E-state index in [1.807, 2.05) is 0 Å². The largest absolute Gasteiger partial charge is 0.367 e. The second kappa shape index (κ2) is 2.23. The first kappa shape index (κ1) is 6.67. The molecule has 0 fully saturated rings. The molecule has 60 valence electrons. The Labute approximate surface area is 65.0 Å². The van der Waals surface area contributed by atoms with Crippen LogP contribution in [0, 0.1) is 0 Å². The van der Waals surface area contributed by atoms with Gasteiger partial charge in [-0.2, -0.15) is 0 Å². The molecule has 4 heteroatoms. The topological polar surface area (TPSA) is 55.3 Å². The predicted molar refractivity (Wildman–Crippen MR) is 41.0 cm³/mol. The minimum Gasteiger partial charge on any atom is -0.367 e. The van der Waals surface area contributed by atoms with Gasteiger partial charge in [0.1, 0.15) is 0 Å². The van der Waals surface area contributed by atoms with E-state index in [9.17, 15) is 0 Å². The summed E-state index contributed by atoms with van der Waals surface area (Å²) in [6.45, 7) is 1.91. The lowest BCUT2D eigenvalue weighted by Crippen LogP contribution is -2.26. The molecule has 1 aliphatic rings.